The maximum atomic E-state index is 5.55. The van der Waals surface area contributed by atoms with E-state index in [1.165, 1.54) is 18.7 Å². The quantitative estimate of drug-likeness (QED) is 0.854. The van der Waals surface area contributed by atoms with Crippen LogP contribution in [0.25, 0.3) is 0 Å². The molecule has 3 rings (SSSR count). The molecule has 1 aromatic rings. The Labute approximate surface area is 134 Å². The van der Waals surface area contributed by atoms with Gasteiger partial charge >= 0.3 is 0 Å². The lowest BCUT2D eigenvalue weighted by Gasteiger charge is -2.49. The molecule has 0 unspecified atom stereocenters. The van der Waals surface area contributed by atoms with Crippen LogP contribution in [-0.4, -0.2) is 56.9 Å². The third kappa shape index (κ3) is 3.23. The summed E-state index contributed by atoms with van der Waals surface area (Å²) >= 11 is 0. The molecule has 2 fully saturated rings. The Morgan fingerprint density at radius 1 is 1.27 bits per heavy atom. The fourth-order valence-corrected chi connectivity index (χ4v) is 3.80. The molecule has 2 aliphatic heterocycles. The predicted octanol–water partition coefficient (Wildman–Crippen LogP) is 2.63. The van der Waals surface area contributed by atoms with Gasteiger partial charge in [-0.2, -0.15) is 0 Å². The van der Waals surface area contributed by atoms with Gasteiger partial charge in [0.25, 0.3) is 0 Å². The van der Waals surface area contributed by atoms with Gasteiger partial charge < -0.3 is 14.4 Å². The van der Waals surface area contributed by atoms with Crippen LogP contribution in [0, 0.1) is 5.92 Å². The number of para-hydroxylation sites is 2. The van der Waals surface area contributed by atoms with Gasteiger partial charge in [-0.05, 0) is 38.3 Å². The van der Waals surface area contributed by atoms with E-state index in [0.29, 0.717) is 5.92 Å². The van der Waals surface area contributed by atoms with Gasteiger partial charge in [0.15, 0.2) is 0 Å². The topological polar surface area (TPSA) is 24.9 Å². The molecule has 0 bridgehead atoms. The average molecular weight is 304 g/mol. The molecule has 0 aromatic heterocycles. The Kier molecular flexibility index (Phi) is 4.59. The van der Waals surface area contributed by atoms with Crippen molar-refractivity contribution in [3.05, 3.63) is 24.3 Å². The van der Waals surface area contributed by atoms with Crippen LogP contribution in [-0.2, 0) is 4.74 Å². The molecule has 0 amide bonds. The molecule has 1 atom stereocenters. The van der Waals surface area contributed by atoms with Crippen molar-refractivity contribution in [2.24, 2.45) is 5.92 Å². The Bertz CT molecular complexity index is 498. The Morgan fingerprint density at radius 2 is 2.09 bits per heavy atom. The van der Waals surface area contributed by atoms with Gasteiger partial charge in [0.2, 0.25) is 0 Å². The summed E-state index contributed by atoms with van der Waals surface area (Å²) in [4.78, 5) is 5.10. The van der Waals surface area contributed by atoms with Crippen molar-refractivity contribution >= 4 is 5.69 Å². The van der Waals surface area contributed by atoms with Crippen molar-refractivity contribution in [1.82, 2.24) is 4.90 Å². The highest BCUT2D eigenvalue weighted by Crippen LogP contribution is 2.35. The first kappa shape index (κ1) is 15.6. The van der Waals surface area contributed by atoms with E-state index >= 15 is 0 Å². The highest BCUT2D eigenvalue weighted by atomic mass is 16.5. The zero-order chi connectivity index (χ0) is 15.6. The summed E-state index contributed by atoms with van der Waals surface area (Å²) in [5, 5.41) is 0. The molecule has 0 aliphatic carbocycles. The van der Waals surface area contributed by atoms with E-state index in [1.54, 1.807) is 7.11 Å². The first-order valence-corrected chi connectivity index (χ1v) is 8.31. The monoisotopic (exact) mass is 304 g/mol. The zero-order valence-corrected chi connectivity index (χ0v) is 14.0. The smallest absolute Gasteiger partial charge is 0.142 e. The second-order valence-electron chi connectivity index (χ2n) is 7.10. The van der Waals surface area contributed by atoms with Gasteiger partial charge in [-0.25, -0.2) is 0 Å². The highest BCUT2D eigenvalue weighted by molar-refractivity contribution is 5.60. The van der Waals surface area contributed by atoms with Gasteiger partial charge in [-0.3, -0.25) is 4.90 Å². The summed E-state index contributed by atoms with van der Waals surface area (Å²) < 4.78 is 11.1. The molecular weight excluding hydrogens is 276 g/mol. The van der Waals surface area contributed by atoms with Crippen LogP contribution in [0.1, 0.15) is 20.3 Å². The first-order valence-electron chi connectivity index (χ1n) is 8.31. The van der Waals surface area contributed by atoms with Crippen molar-refractivity contribution in [3.8, 4) is 5.75 Å². The van der Waals surface area contributed by atoms with Gasteiger partial charge in [0.05, 0.1) is 19.4 Å². The lowest BCUT2D eigenvalue weighted by molar-refractivity contribution is 0.139. The Hall–Kier alpha value is -1.26. The van der Waals surface area contributed by atoms with E-state index in [-0.39, 0.29) is 5.54 Å². The minimum Gasteiger partial charge on any atom is -0.495 e. The van der Waals surface area contributed by atoms with Crippen LogP contribution in [0.3, 0.4) is 0 Å². The zero-order valence-electron chi connectivity index (χ0n) is 14.0. The second-order valence-corrected chi connectivity index (χ2v) is 7.10. The molecule has 2 heterocycles. The van der Waals surface area contributed by atoms with Crippen molar-refractivity contribution in [1.29, 1.82) is 0 Å². The Morgan fingerprint density at radius 3 is 2.77 bits per heavy atom. The van der Waals surface area contributed by atoms with Crippen LogP contribution >= 0.6 is 0 Å². The third-order valence-electron chi connectivity index (χ3n) is 4.90. The number of benzene rings is 1. The van der Waals surface area contributed by atoms with Crippen LogP contribution in [0.5, 0.6) is 5.75 Å². The third-order valence-corrected chi connectivity index (χ3v) is 4.90. The van der Waals surface area contributed by atoms with Gasteiger partial charge in [-0.1, -0.05) is 12.1 Å². The highest BCUT2D eigenvalue weighted by Gasteiger charge is 2.35. The molecular formula is C18H28N2O2. The summed E-state index contributed by atoms with van der Waals surface area (Å²) in [6.45, 7) is 10.9. The fourth-order valence-electron chi connectivity index (χ4n) is 3.80. The van der Waals surface area contributed by atoms with Crippen LogP contribution in [0.2, 0.25) is 0 Å². The summed E-state index contributed by atoms with van der Waals surface area (Å²) in [6.07, 6.45) is 1.22. The molecule has 0 spiro atoms. The largest absolute Gasteiger partial charge is 0.495 e. The Balaban J connectivity index is 1.70. The molecule has 2 aliphatic rings. The molecule has 2 saturated heterocycles. The molecule has 22 heavy (non-hydrogen) atoms. The average Bonchev–Trinajstić information content (AvgIpc) is 2.99. The number of ether oxygens (including phenoxy) is 2. The van der Waals surface area contributed by atoms with Crippen molar-refractivity contribution < 1.29 is 9.47 Å². The van der Waals surface area contributed by atoms with Crippen molar-refractivity contribution in [2.75, 3.05) is 51.4 Å². The predicted molar refractivity (Wildman–Crippen MR) is 89.8 cm³/mol. The number of rotatable bonds is 4. The molecule has 4 nitrogen and oxygen atoms in total. The van der Waals surface area contributed by atoms with Crippen LogP contribution in [0.15, 0.2) is 24.3 Å². The number of anilines is 1. The fraction of sp³-hybridized carbons (Fsp3) is 0.667. The number of hydrogen-bond acceptors (Lipinski definition) is 4. The minimum absolute atomic E-state index is 0.104. The van der Waals surface area contributed by atoms with E-state index in [2.05, 4.69) is 35.8 Å². The van der Waals surface area contributed by atoms with Gasteiger partial charge in [0.1, 0.15) is 5.75 Å². The molecule has 122 valence electrons. The molecule has 0 N–H and O–H groups in total. The SMILES string of the molecule is COc1ccccc1N1CCN(C[C@@H]2CCOC2)CC1(C)C. The number of piperazine rings is 1. The summed E-state index contributed by atoms with van der Waals surface area (Å²) in [7, 11) is 1.75. The van der Waals surface area contributed by atoms with Gasteiger partial charge in [-0.15, -0.1) is 0 Å². The minimum atomic E-state index is 0.104. The molecule has 4 heteroatoms. The van der Waals surface area contributed by atoms with E-state index in [1.807, 2.05) is 12.1 Å². The number of nitrogens with zero attached hydrogens (tertiary/aromatic N) is 2. The van der Waals surface area contributed by atoms with Crippen molar-refractivity contribution in [2.45, 2.75) is 25.8 Å². The maximum Gasteiger partial charge on any atom is 0.142 e. The standard InChI is InChI=1S/C18H28N2O2/c1-18(2)14-19(12-15-8-11-22-13-15)9-10-20(18)16-6-4-5-7-17(16)21-3/h4-7,15H,8-14H2,1-3H3/t15-/m0/s1. The normalized spacial score (nSPS) is 25.4. The molecule has 1 aromatic carbocycles. The summed E-state index contributed by atoms with van der Waals surface area (Å²) in [5.41, 5.74) is 1.31. The number of methoxy groups -OCH3 is 1. The van der Waals surface area contributed by atoms with E-state index in [0.717, 1.165) is 38.6 Å². The van der Waals surface area contributed by atoms with E-state index < -0.39 is 0 Å². The summed E-state index contributed by atoms with van der Waals surface area (Å²) in [6, 6.07) is 8.34. The lowest BCUT2D eigenvalue weighted by atomic mass is 9.96. The van der Waals surface area contributed by atoms with Crippen LogP contribution in [0.4, 0.5) is 5.69 Å². The first-order chi connectivity index (χ1) is 10.6. The summed E-state index contributed by atoms with van der Waals surface area (Å²) in [5.74, 6) is 1.68. The number of hydrogen-bond donors (Lipinski definition) is 0. The molecule has 0 saturated carbocycles. The van der Waals surface area contributed by atoms with Gasteiger partial charge in [0, 0.05) is 38.3 Å². The lowest BCUT2D eigenvalue weighted by Crippen LogP contribution is -2.60. The maximum absolute atomic E-state index is 5.55. The van der Waals surface area contributed by atoms with E-state index in [4.69, 9.17) is 9.47 Å². The van der Waals surface area contributed by atoms with E-state index in [9.17, 15) is 0 Å². The second kappa shape index (κ2) is 6.47. The van der Waals surface area contributed by atoms with Crippen molar-refractivity contribution in [3.63, 3.8) is 0 Å². The van der Waals surface area contributed by atoms with Crippen LogP contribution < -0.4 is 9.64 Å². The molecule has 0 radical (unpaired) electrons.